The van der Waals surface area contributed by atoms with Crippen molar-refractivity contribution in [3.8, 4) is 0 Å². The van der Waals surface area contributed by atoms with E-state index < -0.39 is 17.5 Å². The molecule has 1 amide bonds. The smallest absolute Gasteiger partial charge is 0.229 e. The zero-order valence-corrected chi connectivity index (χ0v) is 12.7. The maximum Gasteiger partial charge on any atom is 0.229 e. The highest BCUT2D eigenvalue weighted by Crippen LogP contribution is 2.28. The Labute approximate surface area is 133 Å². The first-order chi connectivity index (χ1) is 11.1. The van der Waals surface area contributed by atoms with Gasteiger partial charge >= 0.3 is 0 Å². The lowest BCUT2D eigenvalue weighted by Crippen LogP contribution is -2.22. The first-order valence-corrected chi connectivity index (χ1v) is 7.72. The molecule has 0 spiro atoms. The molecule has 1 N–H and O–H groups in total. The van der Waals surface area contributed by atoms with Gasteiger partial charge < -0.3 is 10.2 Å². The molecule has 0 radical (unpaired) electrons. The van der Waals surface area contributed by atoms with Gasteiger partial charge in [0.2, 0.25) is 5.91 Å². The zero-order valence-electron chi connectivity index (χ0n) is 12.7. The highest BCUT2D eigenvalue weighted by Gasteiger charge is 2.18. The highest BCUT2D eigenvalue weighted by molar-refractivity contribution is 5.95. The first kappa shape index (κ1) is 15.5. The average molecular weight is 316 g/mol. The highest BCUT2D eigenvalue weighted by atomic mass is 19.1. The van der Waals surface area contributed by atoms with E-state index in [-0.39, 0.29) is 12.0 Å². The van der Waals surface area contributed by atoms with E-state index in [1.165, 1.54) is 6.07 Å². The summed E-state index contributed by atoms with van der Waals surface area (Å²) in [4.78, 5) is 14.4. The Morgan fingerprint density at radius 1 is 1.00 bits per heavy atom. The monoisotopic (exact) mass is 316 g/mol. The molecule has 1 fully saturated rings. The van der Waals surface area contributed by atoms with Gasteiger partial charge in [-0.15, -0.1) is 0 Å². The Bertz CT molecular complexity index is 692. The van der Waals surface area contributed by atoms with E-state index in [9.17, 15) is 13.6 Å². The molecular weight excluding hydrogens is 298 g/mol. The third kappa shape index (κ3) is 3.50. The molecule has 2 aromatic carbocycles. The van der Waals surface area contributed by atoms with E-state index in [2.05, 4.69) is 10.2 Å². The number of amides is 1. The van der Waals surface area contributed by atoms with Gasteiger partial charge in [-0.2, -0.15) is 0 Å². The molecule has 0 aliphatic carbocycles. The number of nitrogens with zero attached hydrogens (tertiary/aromatic N) is 1. The second-order valence-corrected chi connectivity index (χ2v) is 5.64. The Morgan fingerprint density at radius 3 is 2.35 bits per heavy atom. The quantitative estimate of drug-likeness (QED) is 0.932. The van der Waals surface area contributed by atoms with Crippen molar-refractivity contribution in [3.63, 3.8) is 0 Å². The molecule has 0 aromatic heterocycles. The van der Waals surface area contributed by atoms with Crippen LogP contribution in [0.3, 0.4) is 0 Å². The second kappa shape index (κ2) is 6.77. The van der Waals surface area contributed by atoms with E-state index in [1.54, 1.807) is 0 Å². The minimum absolute atomic E-state index is 0.205. The van der Waals surface area contributed by atoms with E-state index in [0.717, 1.165) is 43.8 Å². The maximum atomic E-state index is 13.6. The van der Waals surface area contributed by atoms with Crippen molar-refractivity contribution < 1.29 is 13.6 Å². The van der Waals surface area contributed by atoms with Gasteiger partial charge in [0, 0.05) is 18.7 Å². The molecule has 3 rings (SSSR count). The summed E-state index contributed by atoms with van der Waals surface area (Å²) in [6.45, 7) is 1.91. The minimum Gasteiger partial charge on any atom is -0.370 e. The van der Waals surface area contributed by atoms with Gasteiger partial charge in [0.1, 0.15) is 11.6 Å². The van der Waals surface area contributed by atoms with E-state index in [4.69, 9.17) is 0 Å². The fraction of sp³-hybridized carbons (Fsp3) is 0.278. The number of para-hydroxylation sites is 2. The zero-order chi connectivity index (χ0) is 16.2. The van der Waals surface area contributed by atoms with Crippen LogP contribution in [-0.4, -0.2) is 19.0 Å². The number of carbonyl (C=O) groups is 1. The van der Waals surface area contributed by atoms with E-state index in [1.807, 2.05) is 24.3 Å². The van der Waals surface area contributed by atoms with Crippen LogP contribution >= 0.6 is 0 Å². The van der Waals surface area contributed by atoms with Crippen LogP contribution in [0.25, 0.3) is 0 Å². The third-order valence-corrected chi connectivity index (χ3v) is 4.02. The van der Waals surface area contributed by atoms with Crippen molar-refractivity contribution in [3.05, 3.63) is 59.7 Å². The summed E-state index contributed by atoms with van der Waals surface area (Å²) < 4.78 is 27.3. The van der Waals surface area contributed by atoms with Crippen LogP contribution in [0.1, 0.15) is 18.4 Å². The Morgan fingerprint density at radius 2 is 1.65 bits per heavy atom. The Hall–Kier alpha value is -2.43. The predicted octanol–water partition coefficient (Wildman–Crippen LogP) is 3.75. The number of carbonyl (C=O) groups excluding carboxylic acids is 1. The topological polar surface area (TPSA) is 32.3 Å². The fourth-order valence-electron chi connectivity index (χ4n) is 2.87. The summed E-state index contributed by atoms with van der Waals surface area (Å²) in [6, 6.07) is 11.1. The van der Waals surface area contributed by atoms with Crippen LogP contribution in [0.4, 0.5) is 20.2 Å². The average Bonchev–Trinajstić information content (AvgIpc) is 3.06. The van der Waals surface area contributed by atoms with Gasteiger partial charge in [0.15, 0.2) is 0 Å². The normalized spacial score (nSPS) is 14.1. The molecule has 1 heterocycles. The molecular formula is C18H18F2N2O. The molecule has 1 aliphatic rings. The van der Waals surface area contributed by atoms with Gasteiger partial charge in [-0.1, -0.05) is 18.2 Å². The maximum absolute atomic E-state index is 13.6. The summed E-state index contributed by atoms with van der Waals surface area (Å²) in [5.41, 5.74) is 1.42. The van der Waals surface area contributed by atoms with Crippen LogP contribution in [0.15, 0.2) is 42.5 Å². The molecule has 0 saturated carbocycles. The van der Waals surface area contributed by atoms with Crippen LogP contribution in [-0.2, 0) is 11.2 Å². The van der Waals surface area contributed by atoms with E-state index in [0.29, 0.717) is 5.69 Å². The van der Waals surface area contributed by atoms with Gasteiger partial charge in [0.25, 0.3) is 0 Å². The summed E-state index contributed by atoms with van der Waals surface area (Å²) in [5.74, 6) is -1.83. The first-order valence-electron chi connectivity index (χ1n) is 7.72. The molecule has 23 heavy (non-hydrogen) atoms. The van der Waals surface area contributed by atoms with Crippen molar-refractivity contribution in [2.24, 2.45) is 0 Å². The number of rotatable bonds is 4. The number of hydrogen-bond acceptors (Lipinski definition) is 2. The van der Waals surface area contributed by atoms with Gasteiger partial charge in [-0.3, -0.25) is 4.79 Å². The lowest BCUT2D eigenvalue weighted by Gasteiger charge is -2.21. The number of anilines is 2. The van der Waals surface area contributed by atoms with Gasteiger partial charge in [-0.25, -0.2) is 8.78 Å². The van der Waals surface area contributed by atoms with Crippen LogP contribution in [0, 0.1) is 11.6 Å². The molecule has 2 aromatic rings. The number of nitrogens with one attached hydrogen (secondary N) is 1. The molecule has 3 nitrogen and oxygen atoms in total. The largest absolute Gasteiger partial charge is 0.370 e. The lowest BCUT2D eigenvalue weighted by atomic mass is 10.1. The molecule has 0 unspecified atom stereocenters. The van der Waals surface area contributed by atoms with Crippen molar-refractivity contribution in [2.45, 2.75) is 19.3 Å². The third-order valence-electron chi connectivity index (χ3n) is 4.02. The fourth-order valence-corrected chi connectivity index (χ4v) is 2.87. The van der Waals surface area contributed by atoms with Crippen LogP contribution < -0.4 is 10.2 Å². The Kier molecular flexibility index (Phi) is 4.55. The number of halogens is 2. The van der Waals surface area contributed by atoms with Crippen LogP contribution in [0.5, 0.6) is 0 Å². The van der Waals surface area contributed by atoms with E-state index >= 15 is 0 Å². The van der Waals surface area contributed by atoms with Crippen molar-refractivity contribution in [2.75, 3.05) is 23.3 Å². The molecule has 1 saturated heterocycles. The van der Waals surface area contributed by atoms with Gasteiger partial charge in [-0.05, 0) is 37.1 Å². The van der Waals surface area contributed by atoms with Crippen LogP contribution in [0.2, 0.25) is 0 Å². The summed E-state index contributed by atoms with van der Waals surface area (Å²) in [5, 5.41) is 2.78. The molecule has 0 atom stereocenters. The van der Waals surface area contributed by atoms with Crippen molar-refractivity contribution >= 4 is 17.3 Å². The second-order valence-electron chi connectivity index (χ2n) is 5.64. The molecule has 0 bridgehead atoms. The molecule has 5 heteroatoms. The predicted molar refractivity (Wildman–Crippen MR) is 86.6 cm³/mol. The number of hydrogen-bond donors (Lipinski definition) is 1. The Balaban J connectivity index is 1.76. The van der Waals surface area contributed by atoms with Crippen molar-refractivity contribution in [1.82, 2.24) is 0 Å². The van der Waals surface area contributed by atoms with Crippen molar-refractivity contribution in [1.29, 1.82) is 0 Å². The summed E-state index contributed by atoms with van der Waals surface area (Å²) in [6.07, 6.45) is 1.93. The lowest BCUT2D eigenvalue weighted by molar-refractivity contribution is -0.115. The SMILES string of the molecule is O=C(Cc1c(F)cccc1F)Nc1ccccc1N1CCCC1. The summed E-state index contributed by atoms with van der Waals surface area (Å²) >= 11 is 0. The molecule has 120 valence electrons. The molecule has 1 aliphatic heterocycles. The van der Waals surface area contributed by atoms with Gasteiger partial charge in [0.05, 0.1) is 17.8 Å². The summed E-state index contributed by atoms with van der Waals surface area (Å²) in [7, 11) is 0. The number of benzene rings is 2. The standard InChI is InChI=1S/C18H18F2N2O/c19-14-6-5-7-15(20)13(14)12-18(23)21-16-8-1-2-9-17(16)22-10-3-4-11-22/h1-2,5-9H,3-4,10-12H2,(H,21,23). The minimum atomic E-state index is -0.701.